The predicted molar refractivity (Wildman–Crippen MR) is 94.9 cm³/mol. The zero-order valence-corrected chi connectivity index (χ0v) is 16.5. The lowest BCUT2D eigenvalue weighted by molar-refractivity contribution is -0.125. The van der Waals surface area contributed by atoms with Gasteiger partial charge in [-0.3, -0.25) is 9.59 Å². The van der Waals surface area contributed by atoms with E-state index in [9.17, 15) is 31.2 Å². The number of thioether (sulfide) groups is 1. The summed E-state index contributed by atoms with van der Waals surface area (Å²) in [6, 6.07) is 2.80. The van der Waals surface area contributed by atoms with Gasteiger partial charge in [0, 0.05) is 16.9 Å². The molecule has 150 valence electrons. The average molecular weight is 424 g/mol. The summed E-state index contributed by atoms with van der Waals surface area (Å²) in [4.78, 5) is 25.4. The molecule has 2 rings (SSSR count). The van der Waals surface area contributed by atoms with Crippen molar-refractivity contribution in [2.45, 2.75) is 42.8 Å². The topological polar surface area (TPSA) is 83.6 Å². The van der Waals surface area contributed by atoms with Gasteiger partial charge in [-0.05, 0) is 45.0 Å². The van der Waals surface area contributed by atoms with Crippen LogP contribution in [-0.4, -0.2) is 53.9 Å². The van der Waals surface area contributed by atoms with Crippen LogP contribution in [0, 0.1) is 0 Å². The minimum absolute atomic E-state index is 0.00665. The van der Waals surface area contributed by atoms with Crippen LogP contribution in [0.25, 0.3) is 0 Å². The first-order chi connectivity index (χ1) is 12.2. The molecule has 1 heterocycles. The molecular weight excluding hydrogens is 405 g/mol. The molecule has 6 nitrogen and oxygen atoms in total. The molecule has 1 fully saturated rings. The molecule has 0 spiro atoms. The summed E-state index contributed by atoms with van der Waals surface area (Å²) in [5, 5.41) is 2.79. The molecule has 1 aromatic carbocycles. The molecule has 1 saturated heterocycles. The van der Waals surface area contributed by atoms with Crippen molar-refractivity contribution in [3.05, 3.63) is 29.8 Å². The summed E-state index contributed by atoms with van der Waals surface area (Å²) in [7, 11) is -5.48. The first-order valence-electron chi connectivity index (χ1n) is 7.86. The first-order valence-corrected chi connectivity index (χ1v) is 10.5. The molecule has 0 aliphatic carbocycles. The van der Waals surface area contributed by atoms with E-state index in [1.807, 2.05) is 0 Å². The number of nitrogens with zero attached hydrogens (tertiary/aromatic N) is 1. The number of rotatable bonds is 3. The lowest BCUT2D eigenvalue weighted by atomic mass is 10.1. The molecule has 1 aliphatic rings. The number of benzene rings is 1. The van der Waals surface area contributed by atoms with Crippen molar-refractivity contribution in [3.63, 3.8) is 0 Å². The van der Waals surface area contributed by atoms with Gasteiger partial charge in [-0.2, -0.15) is 13.2 Å². The maximum Gasteiger partial charge on any atom is 0.501 e. The summed E-state index contributed by atoms with van der Waals surface area (Å²) < 4.78 is 60.5. The molecule has 1 atom stereocenters. The number of hydrogen-bond donors (Lipinski definition) is 1. The van der Waals surface area contributed by atoms with E-state index in [2.05, 4.69) is 5.32 Å². The number of sulfone groups is 1. The van der Waals surface area contributed by atoms with Crippen molar-refractivity contribution < 1.29 is 31.2 Å². The quantitative estimate of drug-likeness (QED) is 0.806. The monoisotopic (exact) mass is 424 g/mol. The van der Waals surface area contributed by atoms with Crippen LogP contribution < -0.4 is 5.32 Å². The Bertz CT molecular complexity index is 831. The number of nitrogens with one attached hydrogen (secondary N) is 1. The molecule has 1 aliphatic heterocycles. The summed E-state index contributed by atoms with van der Waals surface area (Å²) in [5.74, 6) is -0.222. The highest BCUT2D eigenvalue weighted by atomic mass is 32.2. The van der Waals surface area contributed by atoms with Gasteiger partial charge >= 0.3 is 5.51 Å². The lowest BCUT2D eigenvalue weighted by Crippen LogP contribution is -2.52. The second kappa shape index (κ2) is 7.34. The second-order valence-electron chi connectivity index (χ2n) is 7.00. The van der Waals surface area contributed by atoms with Gasteiger partial charge in [-0.15, -0.1) is 11.8 Å². The van der Waals surface area contributed by atoms with E-state index in [0.29, 0.717) is 5.75 Å². The van der Waals surface area contributed by atoms with Gasteiger partial charge in [-0.25, -0.2) is 8.42 Å². The Kier molecular flexibility index (Phi) is 5.86. The largest absolute Gasteiger partial charge is 0.501 e. The van der Waals surface area contributed by atoms with Crippen LogP contribution in [0.1, 0.15) is 31.1 Å². The average Bonchev–Trinajstić information content (AvgIpc) is 3.01. The summed E-state index contributed by atoms with van der Waals surface area (Å²) in [5.41, 5.74) is -5.89. The first kappa shape index (κ1) is 21.5. The van der Waals surface area contributed by atoms with Crippen molar-refractivity contribution in [2.75, 3.05) is 11.6 Å². The van der Waals surface area contributed by atoms with Gasteiger partial charge in [0.25, 0.3) is 15.7 Å². The minimum Gasteiger partial charge on any atom is -0.350 e. The van der Waals surface area contributed by atoms with Crippen molar-refractivity contribution in [1.82, 2.24) is 10.2 Å². The fourth-order valence-corrected chi connectivity index (χ4v) is 4.30. The van der Waals surface area contributed by atoms with E-state index in [1.165, 1.54) is 16.7 Å². The van der Waals surface area contributed by atoms with Crippen molar-refractivity contribution in [3.8, 4) is 0 Å². The fraction of sp³-hybridized carbons (Fsp3) is 0.500. The van der Waals surface area contributed by atoms with E-state index < -0.39 is 37.7 Å². The Balaban J connectivity index is 2.21. The Morgan fingerprint density at radius 2 is 1.70 bits per heavy atom. The fourth-order valence-electron chi connectivity index (χ4n) is 2.39. The van der Waals surface area contributed by atoms with E-state index in [0.717, 1.165) is 24.3 Å². The molecule has 0 radical (unpaired) electrons. The van der Waals surface area contributed by atoms with Crippen LogP contribution in [0.15, 0.2) is 29.2 Å². The van der Waals surface area contributed by atoms with E-state index in [4.69, 9.17) is 0 Å². The van der Waals surface area contributed by atoms with Crippen molar-refractivity contribution >= 4 is 33.4 Å². The number of halogens is 3. The normalized spacial score (nSPS) is 18.4. The van der Waals surface area contributed by atoms with Crippen LogP contribution in [0.3, 0.4) is 0 Å². The number of carbonyl (C=O) groups excluding carboxylic acids is 2. The molecular formula is C16H19F3N2O4S2. The van der Waals surface area contributed by atoms with Crippen LogP contribution >= 0.6 is 11.8 Å². The van der Waals surface area contributed by atoms with Gasteiger partial charge in [0.05, 0.1) is 10.8 Å². The van der Waals surface area contributed by atoms with Gasteiger partial charge in [0.15, 0.2) is 0 Å². The molecule has 0 bridgehead atoms. The SMILES string of the molecule is CC(C)(C)NC(=O)C1CSCN1C(=O)c1ccc(S(=O)(=O)C(F)(F)F)cc1. The molecule has 1 N–H and O–H groups in total. The zero-order chi connectivity index (χ0) is 20.6. The highest BCUT2D eigenvalue weighted by Gasteiger charge is 2.47. The predicted octanol–water partition coefficient (Wildman–Crippen LogP) is 2.41. The van der Waals surface area contributed by atoms with Crippen molar-refractivity contribution in [1.29, 1.82) is 0 Å². The van der Waals surface area contributed by atoms with Gasteiger partial charge in [0.2, 0.25) is 5.91 Å². The van der Waals surface area contributed by atoms with E-state index in [1.54, 1.807) is 20.8 Å². The zero-order valence-electron chi connectivity index (χ0n) is 14.8. The van der Waals surface area contributed by atoms with Crippen molar-refractivity contribution in [2.24, 2.45) is 0 Å². The summed E-state index contributed by atoms with van der Waals surface area (Å²) in [6.07, 6.45) is 0. The highest BCUT2D eigenvalue weighted by molar-refractivity contribution is 7.99. The molecule has 0 aromatic heterocycles. The Morgan fingerprint density at radius 1 is 1.15 bits per heavy atom. The molecule has 2 amide bonds. The van der Waals surface area contributed by atoms with E-state index in [-0.39, 0.29) is 17.3 Å². The Labute approximate surface area is 159 Å². The van der Waals surface area contributed by atoms with E-state index >= 15 is 0 Å². The van der Waals surface area contributed by atoms with Crippen LogP contribution in [0.5, 0.6) is 0 Å². The third kappa shape index (κ3) is 4.75. The molecule has 0 saturated carbocycles. The third-order valence-electron chi connectivity index (χ3n) is 3.66. The maximum absolute atomic E-state index is 12.6. The third-order valence-corrected chi connectivity index (χ3v) is 6.17. The Morgan fingerprint density at radius 3 is 2.19 bits per heavy atom. The standard InChI is InChI=1S/C16H19F3N2O4S2/c1-15(2,3)20-13(22)12-8-26-9-21(12)14(23)10-4-6-11(7-5-10)27(24,25)16(17,18)19/h4-7,12H,8-9H2,1-3H3,(H,20,22). The second-order valence-corrected chi connectivity index (χ2v) is 9.94. The van der Waals surface area contributed by atoms with Crippen LogP contribution in [0.4, 0.5) is 13.2 Å². The van der Waals surface area contributed by atoms with Gasteiger partial charge in [-0.1, -0.05) is 0 Å². The lowest BCUT2D eigenvalue weighted by Gasteiger charge is -2.27. The minimum atomic E-state index is -5.48. The van der Waals surface area contributed by atoms with Gasteiger partial charge < -0.3 is 10.2 Å². The maximum atomic E-state index is 12.6. The molecule has 1 aromatic rings. The number of carbonyl (C=O) groups is 2. The smallest absolute Gasteiger partial charge is 0.350 e. The highest BCUT2D eigenvalue weighted by Crippen LogP contribution is 2.31. The van der Waals surface area contributed by atoms with Crippen LogP contribution in [0.2, 0.25) is 0 Å². The molecule has 27 heavy (non-hydrogen) atoms. The molecule has 11 heteroatoms. The number of amides is 2. The summed E-state index contributed by atoms with van der Waals surface area (Å²) >= 11 is 1.38. The number of alkyl halides is 3. The Hall–Kier alpha value is -1.75. The molecule has 1 unspecified atom stereocenters. The van der Waals surface area contributed by atoms with Gasteiger partial charge in [0.1, 0.15) is 6.04 Å². The summed E-state index contributed by atoms with van der Waals surface area (Å²) in [6.45, 7) is 5.41. The van der Waals surface area contributed by atoms with Crippen LogP contribution in [-0.2, 0) is 14.6 Å². The number of hydrogen-bond acceptors (Lipinski definition) is 5.